The van der Waals surface area contributed by atoms with Crippen molar-refractivity contribution in [3.63, 3.8) is 0 Å². The molecule has 4 N–H and O–H groups in total. The predicted octanol–water partition coefficient (Wildman–Crippen LogP) is 2.26. The molecule has 4 rings (SSSR count). The molecule has 2 unspecified atom stereocenters. The Morgan fingerprint density at radius 3 is 3.00 bits per heavy atom. The zero-order valence-corrected chi connectivity index (χ0v) is 11.2. The second-order valence-electron chi connectivity index (χ2n) is 5.62. The fourth-order valence-corrected chi connectivity index (χ4v) is 3.09. The number of allylic oxidation sites excluding steroid dienone is 1. The molecule has 0 radical (unpaired) electrons. The number of H-pyrrole nitrogens is 1. The fraction of sp³-hybridized carbons (Fsp3) is 0.188. The number of hydrogen-bond acceptors (Lipinski definition) is 3. The van der Waals surface area contributed by atoms with E-state index in [2.05, 4.69) is 52.8 Å². The van der Waals surface area contributed by atoms with Crippen molar-refractivity contribution in [2.45, 2.75) is 13.0 Å². The lowest BCUT2D eigenvalue weighted by atomic mass is 9.75. The van der Waals surface area contributed by atoms with Crippen LogP contribution in [0.5, 0.6) is 0 Å². The average Bonchev–Trinajstić information content (AvgIpc) is 2.97. The van der Waals surface area contributed by atoms with E-state index >= 15 is 0 Å². The van der Waals surface area contributed by atoms with Crippen LogP contribution in [0.15, 0.2) is 59.4 Å². The van der Waals surface area contributed by atoms with E-state index in [0.29, 0.717) is 0 Å². The maximum atomic E-state index is 5.97. The molecule has 0 bridgehead atoms. The number of nitrogens with one attached hydrogen (secondary N) is 2. The molecule has 100 valence electrons. The molecule has 0 saturated heterocycles. The summed E-state index contributed by atoms with van der Waals surface area (Å²) in [6.07, 6.45) is 6.10. The molecule has 20 heavy (non-hydrogen) atoms. The number of hydrazone groups is 1. The Bertz CT molecular complexity index is 748. The van der Waals surface area contributed by atoms with E-state index in [1.165, 1.54) is 5.39 Å². The summed E-state index contributed by atoms with van der Waals surface area (Å²) in [5.41, 5.74) is 12.9. The standard InChI is InChI=1S/C16H16N4/c1-16-9-11(17)6-7-14(16)19-20-15(16)13-8-10-4-2-3-5-12(10)18-13/h2-9,14,18-19H,17H2,1H3. The molecule has 4 heteroatoms. The minimum absolute atomic E-state index is 0.163. The van der Waals surface area contributed by atoms with E-state index in [9.17, 15) is 0 Å². The Labute approximate surface area is 117 Å². The van der Waals surface area contributed by atoms with Crippen LogP contribution in [0.3, 0.4) is 0 Å². The minimum atomic E-state index is -0.209. The summed E-state index contributed by atoms with van der Waals surface area (Å²) in [4.78, 5) is 3.45. The van der Waals surface area contributed by atoms with Gasteiger partial charge in [-0.15, -0.1) is 0 Å². The number of rotatable bonds is 1. The van der Waals surface area contributed by atoms with Crippen LogP contribution in [0.4, 0.5) is 0 Å². The highest BCUT2D eigenvalue weighted by Gasteiger charge is 2.43. The smallest absolute Gasteiger partial charge is 0.0959 e. The second kappa shape index (κ2) is 3.76. The second-order valence-corrected chi connectivity index (χ2v) is 5.62. The maximum absolute atomic E-state index is 5.97. The van der Waals surface area contributed by atoms with Crippen molar-refractivity contribution in [3.8, 4) is 0 Å². The van der Waals surface area contributed by atoms with Gasteiger partial charge in [-0.1, -0.05) is 24.3 Å². The third-order valence-corrected chi connectivity index (χ3v) is 4.20. The zero-order valence-electron chi connectivity index (χ0n) is 11.2. The number of nitrogens with zero attached hydrogens (tertiary/aromatic N) is 1. The number of benzene rings is 1. The molecule has 2 atom stereocenters. The summed E-state index contributed by atoms with van der Waals surface area (Å²) in [5.74, 6) is 0. The van der Waals surface area contributed by atoms with Gasteiger partial charge in [0.05, 0.1) is 22.9 Å². The molecule has 0 amide bonds. The summed E-state index contributed by atoms with van der Waals surface area (Å²) in [6, 6.07) is 10.6. The van der Waals surface area contributed by atoms with E-state index in [0.717, 1.165) is 22.6 Å². The van der Waals surface area contributed by atoms with E-state index in [1.54, 1.807) is 0 Å². The number of nitrogens with two attached hydrogens (primary N) is 1. The molecule has 0 saturated carbocycles. The van der Waals surface area contributed by atoms with Gasteiger partial charge >= 0.3 is 0 Å². The van der Waals surface area contributed by atoms with Crippen LogP contribution in [-0.2, 0) is 0 Å². The van der Waals surface area contributed by atoms with Crippen LogP contribution in [0.2, 0.25) is 0 Å². The molecule has 1 aliphatic carbocycles. The zero-order chi connectivity index (χ0) is 13.7. The molecular formula is C16H16N4. The minimum Gasteiger partial charge on any atom is -0.399 e. The van der Waals surface area contributed by atoms with E-state index in [-0.39, 0.29) is 11.5 Å². The number of para-hydroxylation sites is 1. The van der Waals surface area contributed by atoms with Gasteiger partial charge in [0.25, 0.3) is 0 Å². The van der Waals surface area contributed by atoms with Crippen LogP contribution in [0, 0.1) is 5.41 Å². The SMILES string of the molecule is CC12C=C(N)C=CC1NN=C2c1cc2ccccc2[nH]1. The highest BCUT2D eigenvalue weighted by molar-refractivity contribution is 6.09. The Kier molecular flexibility index (Phi) is 2.13. The van der Waals surface area contributed by atoms with Gasteiger partial charge in [-0.05, 0) is 31.2 Å². The molecule has 0 fully saturated rings. The Morgan fingerprint density at radius 1 is 1.30 bits per heavy atom. The highest BCUT2D eigenvalue weighted by Crippen LogP contribution is 2.37. The number of fused-ring (bicyclic) bond motifs is 2. The van der Waals surface area contributed by atoms with Crippen molar-refractivity contribution >= 4 is 16.6 Å². The van der Waals surface area contributed by atoms with Crippen molar-refractivity contribution in [1.29, 1.82) is 0 Å². The highest BCUT2D eigenvalue weighted by atomic mass is 15.3. The van der Waals surface area contributed by atoms with Gasteiger partial charge in [-0.2, -0.15) is 5.10 Å². The molecule has 1 aromatic carbocycles. The third kappa shape index (κ3) is 1.45. The molecule has 1 aromatic heterocycles. The largest absolute Gasteiger partial charge is 0.399 e. The topological polar surface area (TPSA) is 66.2 Å². The molecule has 1 aliphatic heterocycles. The van der Waals surface area contributed by atoms with Crippen molar-refractivity contribution in [2.24, 2.45) is 16.3 Å². The van der Waals surface area contributed by atoms with Gasteiger partial charge in [-0.3, -0.25) is 0 Å². The van der Waals surface area contributed by atoms with Crippen LogP contribution in [0.25, 0.3) is 10.9 Å². The molecule has 0 spiro atoms. The lowest BCUT2D eigenvalue weighted by Gasteiger charge is -2.29. The lowest BCUT2D eigenvalue weighted by Crippen LogP contribution is -2.39. The predicted molar refractivity (Wildman–Crippen MR) is 81.3 cm³/mol. The van der Waals surface area contributed by atoms with E-state index < -0.39 is 0 Å². The van der Waals surface area contributed by atoms with Gasteiger partial charge in [-0.25, -0.2) is 0 Å². The summed E-state index contributed by atoms with van der Waals surface area (Å²) < 4.78 is 0. The first-order valence-corrected chi connectivity index (χ1v) is 6.75. The Hall–Kier alpha value is -2.49. The fourth-order valence-electron chi connectivity index (χ4n) is 3.09. The van der Waals surface area contributed by atoms with Crippen molar-refractivity contribution < 1.29 is 0 Å². The van der Waals surface area contributed by atoms with Gasteiger partial charge < -0.3 is 16.1 Å². The summed E-state index contributed by atoms with van der Waals surface area (Å²) in [6.45, 7) is 2.17. The van der Waals surface area contributed by atoms with Crippen LogP contribution in [-0.4, -0.2) is 16.7 Å². The quantitative estimate of drug-likeness (QED) is 0.739. The average molecular weight is 264 g/mol. The summed E-state index contributed by atoms with van der Waals surface area (Å²) in [5, 5.41) is 5.73. The number of aromatic amines is 1. The maximum Gasteiger partial charge on any atom is 0.0959 e. The van der Waals surface area contributed by atoms with Crippen molar-refractivity contribution in [3.05, 3.63) is 60.0 Å². The monoisotopic (exact) mass is 264 g/mol. The van der Waals surface area contributed by atoms with Crippen LogP contribution in [0.1, 0.15) is 12.6 Å². The molecular weight excluding hydrogens is 248 g/mol. The van der Waals surface area contributed by atoms with Crippen molar-refractivity contribution in [2.75, 3.05) is 0 Å². The number of aromatic nitrogens is 1. The molecule has 4 nitrogen and oxygen atoms in total. The first-order valence-electron chi connectivity index (χ1n) is 6.75. The number of hydrogen-bond donors (Lipinski definition) is 3. The van der Waals surface area contributed by atoms with Gasteiger partial charge in [0, 0.05) is 16.6 Å². The summed E-state index contributed by atoms with van der Waals surface area (Å²) in [7, 11) is 0. The van der Waals surface area contributed by atoms with Gasteiger partial charge in [0.1, 0.15) is 0 Å². The molecule has 2 aliphatic rings. The lowest BCUT2D eigenvalue weighted by molar-refractivity contribution is 0.480. The van der Waals surface area contributed by atoms with E-state index in [1.807, 2.05) is 18.2 Å². The van der Waals surface area contributed by atoms with Gasteiger partial charge in [0.15, 0.2) is 0 Å². The first-order chi connectivity index (χ1) is 9.67. The normalized spacial score (nSPS) is 27.9. The first kappa shape index (κ1) is 11.3. The van der Waals surface area contributed by atoms with Crippen LogP contribution >= 0.6 is 0 Å². The Morgan fingerprint density at radius 2 is 2.15 bits per heavy atom. The third-order valence-electron chi connectivity index (χ3n) is 4.20. The Balaban J connectivity index is 1.84. The molecule has 2 heterocycles. The van der Waals surface area contributed by atoms with E-state index in [4.69, 9.17) is 5.73 Å². The van der Waals surface area contributed by atoms with Crippen molar-refractivity contribution in [1.82, 2.24) is 10.4 Å². The summed E-state index contributed by atoms with van der Waals surface area (Å²) >= 11 is 0. The van der Waals surface area contributed by atoms with Crippen LogP contribution < -0.4 is 11.2 Å². The van der Waals surface area contributed by atoms with Gasteiger partial charge in [0.2, 0.25) is 0 Å². The molecule has 2 aromatic rings.